The summed E-state index contributed by atoms with van der Waals surface area (Å²) < 4.78 is 11.0. The van der Waals surface area contributed by atoms with Crippen LogP contribution in [0.2, 0.25) is 0 Å². The highest BCUT2D eigenvalue weighted by Crippen LogP contribution is 2.18. The lowest BCUT2D eigenvalue weighted by Crippen LogP contribution is -2.54. The molecule has 6 heteroatoms. The van der Waals surface area contributed by atoms with Crippen LogP contribution in [0.25, 0.3) is 0 Å². The topological polar surface area (TPSA) is 67.9 Å². The average molecular weight is 413 g/mol. The van der Waals surface area contributed by atoms with E-state index in [1.165, 1.54) is 0 Å². The van der Waals surface area contributed by atoms with Gasteiger partial charge in [0.1, 0.15) is 17.5 Å². The predicted molar refractivity (Wildman–Crippen MR) is 117 cm³/mol. The second-order valence-corrected chi connectivity index (χ2v) is 8.14. The summed E-state index contributed by atoms with van der Waals surface area (Å²) in [5.74, 6) is 0.880. The Hall–Kier alpha value is -3.02. The van der Waals surface area contributed by atoms with Crippen molar-refractivity contribution in [2.45, 2.75) is 52.2 Å². The van der Waals surface area contributed by atoms with Crippen LogP contribution in [0.1, 0.15) is 39.7 Å². The van der Waals surface area contributed by atoms with Crippen LogP contribution in [0.4, 0.5) is 0 Å². The molecule has 2 amide bonds. The number of rotatable bonds is 9. The first-order chi connectivity index (χ1) is 14.2. The highest BCUT2D eigenvalue weighted by Gasteiger charge is 2.30. The molecular formula is C24H32N2O4. The van der Waals surface area contributed by atoms with Gasteiger partial charge in [-0.25, -0.2) is 0 Å². The third-order valence-corrected chi connectivity index (χ3v) is 4.48. The van der Waals surface area contributed by atoms with E-state index < -0.39 is 11.6 Å². The van der Waals surface area contributed by atoms with Crippen molar-refractivity contribution >= 4 is 11.8 Å². The van der Waals surface area contributed by atoms with Gasteiger partial charge < -0.3 is 19.7 Å². The van der Waals surface area contributed by atoms with Crippen LogP contribution < -0.4 is 14.8 Å². The number of amides is 2. The van der Waals surface area contributed by atoms with Crippen molar-refractivity contribution in [1.29, 1.82) is 0 Å². The molecule has 30 heavy (non-hydrogen) atoms. The standard InChI is InChI=1S/C24H32N2O4/c1-6-21(23(28)25-24(2,3)4)26(16-18-11-10-14-20(15-18)29-5)22(27)17-30-19-12-8-7-9-13-19/h7-15,21H,6,16-17H2,1-5H3,(H,25,28). The van der Waals surface area contributed by atoms with Crippen molar-refractivity contribution in [3.63, 3.8) is 0 Å². The smallest absolute Gasteiger partial charge is 0.261 e. The molecule has 0 aliphatic rings. The third-order valence-electron chi connectivity index (χ3n) is 4.48. The molecule has 0 bridgehead atoms. The monoisotopic (exact) mass is 412 g/mol. The molecule has 0 fully saturated rings. The molecule has 6 nitrogen and oxygen atoms in total. The number of methoxy groups -OCH3 is 1. The molecule has 0 aromatic heterocycles. The third kappa shape index (κ3) is 7.10. The zero-order valence-corrected chi connectivity index (χ0v) is 18.5. The summed E-state index contributed by atoms with van der Waals surface area (Å²) in [5, 5.41) is 2.99. The number of para-hydroxylation sites is 1. The molecular weight excluding hydrogens is 380 g/mol. The second kappa shape index (κ2) is 10.7. The molecule has 0 saturated carbocycles. The van der Waals surface area contributed by atoms with Crippen molar-refractivity contribution in [3.05, 3.63) is 60.2 Å². The Kier molecular flexibility index (Phi) is 8.27. The molecule has 0 radical (unpaired) electrons. The van der Waals surface area contributed by atoms with Gasteiger partial charge in [-0.2, -0.15) is 0 Å². The Bertz CT molecular complexity index is 831. The molecule has 2 rings (SSSR count). The second-order valence-electron chi connectivity index (χ2n) is 8.14. The van der Waals surface area contributed by atoms with Gasteiger partial charge in [-0.1, -0.05) is 37.3 Å². The molecule has 0 aliphatic heterocycles. The van der Waals surface area contributed by atoms with E-state index in [1.54, 1.807) is 24.1 Å². The van der Waals surface area contributed by atoms with Crippen LogP contribution in [-0.4, -0.2) is 42.0 Å². The Morgan fingerprint density at radius 1 is 1.03 bits per heavy atom. The summed E-state index contributed by atoms with van der Waals surface area (Å²) in [6.45, 7) is 7.80. The number of hydrogen-bond acceptors (Lipinski definition) is 4. The molecule has 0 saturated heterocycles. The van der Waals surface area contributed by atoms with Gasteiger partial charge in [0.2, 0.25) is 5.91 Å². The number of ether oxygens (including phenoxy) is 2. The highest BCUT2D eigenvalue weighted by molar-refractivity contribution is 5.88. The number of carbonyl (C=O) groups is 2. The number of hydrogen-bond donors (Lipinski definition) is 1. The maximum absolute atomic E-state index is 13.1. The van der Waals surface area contributed by atoms with E-state index in [9.17, 15) is 9.59 Å². The minimum Gasteiger partial charge on any atom is -0.497 e. The number of benzene rings is 2. The SMILES string of the molecule is CCC(C(=O)NC(C)(C)C)N(Cc1cccc(OC)c1)C(=O)COc1ccccc1. The Morgan fingerprint density at radius 2 is 1.70 bits per heavy atom. The fraction of sp³-hybridized carbons (Fsp3) is 0.417. The molecule has 0 heterocycles. The van der Waals surface area contributed by atoms with Gasteiger partial charge in [0, 0.05) is 12.1 Å². The molecule has 1 N–H and O–H groups in total. The first-order valence-corrected chi connectivity index (χ1v) is 10.2. The average Bonchev–Trinajstić information content (AvgIpc) is 2.71. The Labute approximate surface area is 179 Å². The molecule has 162 valence electrons. The van der Waals surface area contributed by atoms with Crippen molar-refractivity contribution in [3.8, 4) is 11.5 Å². The quantitative estimate of drug-likeness (QED) is 0.680. The fourth-order valence-electron chi connectivity index (χ4n) is 3.08. The van der Waals surface area contributed by atoms with E-state index >= 15 is 0 Å². The maximum Gasteiger partial charge on any atom is 0.261 e. The Morgan fingerprint density at radius 3 is 2.30 bits per heavy atom. The van der Waals surface area contributed by atoms with Crippen molar-refractivity contribution in [2.24, 2.45) is 0 Å². The van der Waals surface area contributed by atoms with Crippen molar-refractivity contribution in [1.82, 2.24) is 10.2 Å². The van der Waals surface area contributed by atoms with Gasteiger partial charge in [0.05, 0.1) is 7.11 Å². The normalized spacial score (nSPS) is 12.0. The predicted octanol–water partition coefficient (Wildman–Crippen LogP) is 3.80. The zero-order valence-electron chi connectivity index (χ0n) is 18.5. The van der Waals surface area contributed by atoms with Gasteiger partial charge in [-0.15, -0.1) is 0 Å². The molecule has 2 aromatic rings. The first-order valence-electron chi connectivity index (χ1n) is 10.2. The molecule has 0 spiro atoms. The number of nitrogens with one attached hydrogen (secondary N) is 1. The lowest BCUT2D eigenvalue weighted by molar-refractivity contribution is -0.143. The van der Waals surface area contributed by atoms with E-state index in [0.29, 0.717) is 17.9 Å². The molecule has 0 aliphatic carbocycles. The van der Waals surface area contributed by atoms with E-state index in [-0.39, 0.29) is 25.0 Å². The lowest BCUT2D eigenvalue weighted by Gasteiger charge is -2.33. The summed E-state index contributed by atoms with van der Waals surface area (Å²) >= 11 is 0. The minimum atomic E-state index is -0.609. The summed E-state index contributed by atoms with van der Waals surface area (Å²) in [4.78, 5) is 27.7. The fourth-order valence-corrected chi connectivity index (χ4v) is 3.08. The van der Waals surface area contributed by atoms with Crippen LogP contribution >= 0.6 is 0 Å². The van der Waals surface area contributed by atoms with Crippen LogP contribution in [0, 0.1) is 0 Å². The van der Waals surface area contributed by atoms with Crippen LogP contribution in [0.5, 0.6) is 11.5 Å². The largest absolute Gasteiger partial charge is 0.497 e. The molecule has 2 aromatic carbocycles. The minimum absolute atomic E-state index is 0.146. The van der Waals surface area contributed by atoms with E-state index in [1.807, 2.05) is 70.2 Å². The van der Waals surface area contributed by atoms with Gasteiger partial charge >= 0.3 is 0 Å². The Balaban J connectivity index is 2.24. The number of carbonyl (C=O) groups excluding carboxylic acids is 2. The summed E-state index contributed by atoms with van der Waals surface area (Å²) in [7, 11) is 1.60. The van der Waals surface area contributed by atoms with E-state index in [0.717, 1.165) is 5.56 Å². The van der Waals surface area contributed by atoms with Gasteiger partial charge in [0.25, 0.3) is 5.91 Å². The molecule has 1 unspecified atom stereocenters. The van der Waals surface area contributed by atoms with Crippen LogP contribution in [0.3, 0.4) is 0 Å². The first kappa shape index (κ1) is 23.3. The summed E-state index contributed by atoms with van der Waals surface area (Å²) in [5.41, 5.74) is 0.486. The highest BCUT2D eigenvalue weighted by atomic mass is 16.5. The van der Waals surface area contributed by atoms with Crippen LogP contribution in [0.15, 0.2) is 54.6 Å². The molecule has 1 atom stereocenters. The van der Waals surface area contributed by atoms with Crippen LogP contribution in [-0.2, 0) is 16.1 Å². The van der Waals surface area contributed by atoms with Crippen molar-refractivity contribution < 1.29 is 19.1 Å². The van der Waals surface area contributed by atoms with E-state index in [4.69, 9.17) is 9.47 Å². The van der Waals surface area contributed by atoms with E-state index in [2.05, 4.69) is 5.32 Å². The van der Waals surface area contributed by atoms with Gasteiger partial charge in [-0.05, 0) is 57.0 Å². The summed E-state index contributed by atoms with van der Waals surface area (Å²) in [6, 6.07) is 16.1. The maximum atomic E-state index is 13.1. The summed E-state index contributed by atoms with van der Waals surface area (Å²) in [6.07, 6.45) is 0.489. The van der Waals surface area contributed by atoms with Gasteiger partial charge in [-0.3, -0.25) is 9.59 Å². The zero-order chi connectivity index (χ0) is 22.1. The van der Waals surface area contributed by atoms with Crippen molar-refractivity contribution in [2.75, 3.05) is 13.7 Å². The lowest BCUT2D eigenvalue weighted by atomic mass is 10.1. The number of nitrogens with zero attached hydrogens (tertiary/aromatic N) is 1. The van der Waals surface area contributed by atoms with Gasteiger partial charge in [0.15, 0.2) is 6.61 Å².